The molecule has 0 aliphatic carbocycles. The quantitative estimate of drug-likeness (QED) is 0.518. The lowest BCUT2D eigenvalue weighted by atomic mass is 9.89. The molecule has 0 unspecified atom stereocenters. The van der Waals surface area contributed by atoms with Crippen molar-refractivity contribution in [3.05, 3.63) is 82.7 Å². The Morgan fingerprint density at radius 2 is 1.93 bits per heavy atom. The molecule has 2 aromatic heterocycles. The molecule has 30 heavy (non-hydrogen) atoms. The predicted molar refractivity (Wildman–Crippen MR) is 114 cm³/mol. The molecule has 0 saturated carbocycles. The van der Waals surface area contributed by atoms with E-state index in [4.69, 9.17) is 0 Å². The fourth-order valence-electron chi connectivity index (χ4n) is 4.63. The monoisotopic (exact) mass is 423 g/mol. The molecular weight excluding hydrogens is 399 g/mol. The summed E-state index contributed by atoms with van der Waals surface area (Å²) < 4.78 is 15.5. The second-order valence-electron chi connectivity index (χ2n) is 8.02. The molecule has 0 radical (unpaired) electrons. The molecule has 1 aliphatic heterocycles. The summed E-state index contributed by atoms with van der Waals surface area (Å²) in [5.74, 6) is 0.510. The van der Waals surface area contributed by atoms with Gasteiger partial charge in [-0.3, -0.25) is 0 Å². The minimum atomic E-state index is -0.255. The van der Waals surface area contributed by atoms with Crippen LogP contribution in [0.5, 0.6) is 5.88 Å². The largest absolute Gasteiger partial charge is 0.492 e. The van der Waals surface area contributed by atoms with Crippen LogP contribution in [0.3, 0.4) is 0 Å². The Morgan fingerprint density at radius 3 is 2.67 bits per heavy atom. The van der Waals surface area contributed by atoms with Gasteiger partial charge in [0.15, 0.2) is 6.04 Å². The molecule has 4 aromatic rings. The lowest BCUT2D eigenvalue weighted by molar-refractivity contribution is -0.931. The molecule has 2 N–H and O–H groups in total. The van der Waals surface area contributed by atoms with Crippen molar-refractivity contribution in [1.82, 2.24) is 14.6 Å². The lowest BCUT2D eigenvalue weighted by Gasteiger charge is -2.34. The number of nitrogens with zero attached hydrogens (tertiary/aromatic N) is 3. The molecule has 5 nitrogen and oxygen atoms in total. The first kappa shape index (κ1) is 19.2. The number of piperidine rings is 1. The van der Waals surface area contributed by atoms with Crippen molar-refractivity contribution in [2.45, 2.75) is 25.3 Å². The number of benzene rings is 2. The minimum Gasteiger partial charge on any atom is -0.492 e. The first-order chi connectivity index (χ1) is 14.7. The third-order valence-corrected chi connectivity index (χ3v) is 7.20. The second kappa shape index (κ2) is 8.16. The molecule has 1 atom stereocenters. The number of quaternary nitrogens is 1. The molecule has 1 aliphatic rings. The molecule has 0 bridgehead atoms. The predicted octanol–water partition coefficient (Wildman–Crippen LogP) is 3.26. The maximum Gasteiger partial charge on any atom is 0.235 e. The highest BCUT2D eigenvalue weighted by Gasteiger charge is 2.35. The fourth-order valence-corrected chi connectivity index (χ4v) is 5.74. The SMILES string of the molecule is Oc1c([C@@H](c2cccc(F)c2)[NH+]2CCC(Cc3ccccc3)CC2)sc2ncnn12. The van der Waals surface area contributed by atoms with Crippen LogP contribution in [-0.4, -0.2) is 32.8 Å². The van der Waals surface area contributed by atoms with E-state index in [-0.39, 0.29) is 17.7 Å². The van der Waals surface area contributed by atoms with Gasteiger partial charge in [0.2, 0.25) is 10.8 Å². The Kier molecular flexibility index (Phi) is 5.23. The zero-order valence-electron chi connectivity index (χ0n) is 16.5. The Morgan fingerprint density at radius 1 is 1.13 bits per heavy atom. The first-order valence-corrected chi connectivity index (χ1v) is 11.2. The van der Waals surface area contributed by atoms with Gasteiger partial charge in [-0.25, -0.2) is 9.37 Å². The number of aromatic hydroxyl groups is 1. The Bertz CT molecular complexity index is 1130. The van der Waals surface area contributed by atoms with Gasteiger partial charge in [-0.2, -0.15) is 9.61 Å². The Balaban J connectivity index is 1.41. The van der Waals surface area contributed by atoms with Crippen LogP contribution in [0.15, 0.2) is 60.9 Å². The van der Waals surface area contributed by atoms with Crippen LogP contribution in [0.25, 0.3) is 4.96 Å². The summed E-state index contributed by atoms with van der Waals surface area (Å²) >= 11 is 1.43. The van der Waals surface area contributed by atoms with E-state index < -0.39 is 0 Å². The van der Waals surface area contributed by atoms with Crippen LogP contribution in [0.2, 0.25) is 0 Å². The molecule has 1 fully saturated rings. The first-order valence-electron chi connectivity index (χ1n) is 10.3. The molecule has 3 heterocycles. The Hall–Kier alpha value is -2.77. The number of thiazole rings is 1. The number of fused-ring (bicyclic) bond motifs is 1. The highest BCUT2D eigenvalue weighted by molar-refractivity contribution is 7.17. The van der Waals surface area contributed by atoms with E-state index in [1.54, 1.807) is 12.1 Å². The third-order valence-electron chi connectivity index (χ3n) is 6.11. The molecule has 1 saturated heterocycles. The van der Waals surface area contributed by atoms with Gasteiger partial charge < -0.3 is 10.0 Å². The summed E-state index contributed by atoms with van der Waals surface area (Å²) in [6, 6.07) is 17.3. The second-order valence-corrected chi connectivity index (χ2v) is 9.03. The van der Waals surface area contributed by atoms with E-state index in [1.807, 2.05) is 6.07 Å². The molecule has 5 rings (SSSR count). The van der Waals surface area contributed by atoms with Crippen LogP contribution in [0.4, 0.5) is 4.39 Å². The van der Waals surface area contributed by atoms with Crippen LogP contribution in [0.1, 0.15) is 34.9 Å². The summed E-state index contributed by atoms with van der Waals surface area (Å²) in [4.78, 5) is 7.03. The topological polar surface area (TPSA) is 54.9 Å². The summed E-state index contributed by atoms with van der Waals surface area (Å²) in [6.07, 6.45) is 4.75. The van der Waals surface area contributed by atoms with E-state index in [9.17, 15) is 9.50 Å². The van der Waals surface area contributed by atoms with E-state index >= 15 is 0 Å². The molecule has 2 aromatic carbocycles. The summed E-state index contributed by atoms with van der Waals surface area (Å²) in [6.45, 7) is 1.96. The van der Waals surface area contributed by atoms with Gasteiger partial charge in [0.25, 0.3) is 0 Å². The summed E-state index contributed by atoms with van der Waals surface area (Å²) in [5.41, 5.74) is 2.27. The number of likely N-dealkylation sites (tertiary alicyclic amines) is 1. The Labute approximate surface area is 178 Å². The minimum absolute atomic E-state index is 0.112. The number of halogens is 1. The van der Waals surface area contributed by atoms with Crippen LogP contribution >= 0.6 is 11.3 Å². The maximum atomic E-state index is 14.1. The maximum absolute atomic E-state index is 14.1. The van der Waals surface area contributed by atoms with Gasteiger partial charge in [-0.05, 0) is 42.9 Å². The molecular formula is C23H24FN4OS+. The van der Waals surface area contributed by atoms with Crippen molar-refractivity contribution in [2.75, 3.05) is 13.1 Å². The number of nitrogens with one attached hydrogen (secondary N) is 1. The van der Waals surface area contributed by atoms with Crippen molar-refractivity contribution >= 4 is 16.3 Å². The molecule has 0 amide bonds. The van der Waals surface area contributed by atoms with Gasteiger partial charge in [-0.15, -0.1) is 0 Å². The van der Waals surface area contributed by atoms with Crippen LogP contribution < -0.4 is 4.90 Å². The van der Waals surface area contributed by atoms with Gasteiger partial charge in [-0.1, -0.05) is 53.8 Å². The van der Waals surface area contributed by atoms with E-state index in [0.717, 1.165) is 42.8 Å². The summed E-state index contributed by atoms with van der Waals surface area (Å²) in [5, 5.41) is 14.9. The van der Waals surface area contributed by atoms with Gasteiger partial charge in [0.1, 0.15) is 17.0 Å². The van der Waals surface area contributed by atoms with Crippen molar-refractivity contribution in [1.29, 1.82) is 0 Å². The third kappa shape index (κ3) is 3.70. The van der Waals surface area contributed by atoms with Crippen molar-refractivity contribution in [2.24, 2.45) is 5.92 Å². The van der Waals surface area contributed by atoms with E-state index in [1.165, 1.54) is 38.7 Å². The molecule has 0 spiro atoms. The van der Waals surface area contributed by atoms with Gasteiger partial charge >= 0.3 is 0 Å². The van der Waals surface area contributed by atoms with E-state index in [2.05, 4.69) is 40.4 Å². The van der Waals surface area contributed by atoms with Crippen LogP contribution in [-0.2, 0) is 6.42 Å². The number of aromatic nitrogens is 3. The number of rotatable bonds is 5. The van der Waals surface area contributed by atoms with Gasteiger partial charge in [0, 0.05) is 5.56 Å². The van der Waals surface area contributed by atoms with Crippen molar-refractivity contribution in [3.63, 3.8) is 0 Å². The fraction of sp³-hybridized carbons (Fsp3) is 0.304. The average Bonchev–Trinajstić information content (AvgIpc) is 3.34. The smallest absolute Gasteiger partial charge is 0.235 e. The zero-order valence-corrected chi connectivity index (χ0v) is 17.4. The standard InChI is InChI=1S/C23H23FN4OS/c24-19-8-4-7-18(14-19)20(21-22(29)28-23(30-21)25-15-26-28)27-11-9-17(10-12-27)13-16-5-2-1-3-6-16/h1-8,14-15,17,20,29H,9-13H2/p+1/t20-/m1/s1. The zero-order chi connectivity index (χ0) is 20.5. The lowest BCUT2D eigenvalue weighted by Crippen LogP contribution is -3.13. The van der Waals surface area contributed by atoms with Crippen LogP contribution in [0, 0.1) is 11.7 Å². The average molecular weight is 424 g/mol. The summed E-state index contributed by atoms with van der Waals surface area (Å²) in [7, 11) is 0. The van der Waals surface area contributed by atoms with E-state index in [0.29, 0.717) is 10.9 Å². The highest BCUT2D eigenvalue weighted by atomic mass is 32.1. The highest BCUT2D eigenvalue weighted by Crippen LogP contribution is 2.35. The molecule has 154 valence electrons. The normalized spacial score (nSPS) is 20.4. The number of hydrogen-bond acceptors (Lipinski definition) is 4. The van der Waals surface area contributed by atoms with Crippen molar-refractivity contribution in [3.8, 4) is 5.88 Å². The van der Waals surface area contributed by atoms with Gasteiger partial charge in [0.05, 0.1) is 13.1 Å². The molecule has 7 heteroatoms. The van der Waals surface area contributed by atoms with Crippen molar-refractivity contribution < 1.29 is 14.4 Å². The number of hydrogen-bond donors (Lipinski definition) is 2.